The molecule has 0 aliphatic heterocycles. The highest BCUT2D eigenvalue weighted by Gasteiger charge is 2.32. The summed E-state index contributed by atoms with van der Waals surface area (Å²) in [5, 5.41) is 2.98. The number of hydrogen-bond acceptors (Lipinski definition) is 4. The molecule has 2 aromatic rings. The Hall–Kier alpha value is -2.87. The average molecular weight is 502 g/mol. The van der Waals surface area contributed by atoms with Crippen molar-refractivity contribution in [1.82, 2.24) is 10.2 Å². The Bertz CT molecular complexity index is 1100. The SMILES string of the molecule is CCc1ccc(N(CC(=O)N(Cc2cccc(C)c2)[C@H](CC)C(=O)N[C@@H](C)CC)S(C)(=O)=O)cc1. The van der Waals surface area contributed by atoms with Crippen molar-refractivity contribution in [3.63, 3.8) is 0 Å². The van der Waals surface area contributed by atoms with Gasteiger partial charge in [-0.2, -0.15) is 0 Å². The third-order valence-electron chi connectivity index (χ3n) is 6.13. The molecule has 0 saturated heterocycles. The molecule has 0 spiro atoms. The summed E-state index contributed by atoms with van der Waals surface area (Å²) >= 11 is 0. The largest absolute Gasteiger partial charge is 0.352 e. The predicted molar refractivity (Wildman–Crippen MR) is 142 cm³/mol. The molecule has 192 valence electrons. The fourth-order valence-electron chi connectivity index (χ4n) is 3.88. The fraction of sp³-hybridized carbons (Fsp3) is 0.481. The van der Waals surface area contributed by atoms with Crippen LogP contribution in [0.1, 0.15) is 57.2 Å². The molecule has 0 aromatic heterocycles. The molecule has 2 rings (SSSR count). The lowest BCUT2D eigenvalue weighted by Crippen LogP contribution is -2.53. The molecule has 0 aliphatic rings. The van der Waals surface area contributed by atoms with Crippen molar-refractivity contribution in [1.29, 1.82) is 0 Å². The summed E-state index contributed by atoms with van der Waals surface area (Å²) in [5.41, 5.74) is 3.42. The maximum Gasteiger partial charge on any atom is 0.244 e. The number of hydrogen-bond donors (Lipinski definition) is 1. The molecule has 0 radical (unpaired) electrons. The lowest BCUT2D eigenvalue weighted by atomic mass is 10.1. The molecule has 2 aromatic carbocycles. The normalized spacial score (nSPS) is 13.1. The van der Waals surface area contributed by atoms with Gasteiger partial charge in [0, 0.05) is 12.6 Å². The van der Waals surface area contributed by atoms with Crippen LogP contribution in [-0.2, 0) is 32.6 Å². The molecule has 0 fully saturated rings. The van der Waals surface area contributed by atoms with E-state index in [0.717, 1.165) is 40.1 Å². The smallest absolute Gasteiger partial charge is 0.244 e. The Morgan fingerprint density at radius 3 is 2.14 bits per heavy atom. The Kier molecular flexibility index (Phi) is 10.3. The van der Waals surface area contributed by atoms with E-state index in [0.29, 0.717) is 12.1 Å². The van der Waals surface area contributed by atoms with Gasteiger partial charge in [-0.05, 0) is 56.4 Å². The summed E-state index contributed by atoms with van der Waals surface area (Å²) in [6.45, 7) is 9.56. The quantitative estimate of drug-likeness (QED) is 0.475. The molecule has 8 heteroatoms. The first-order valence-corrected chi connectivity index (χ1v) is 14.1. The standard InChI is InChI=1S/C27H39N3O4S/c1-7-21(5)28-27(32)25(9-3)29(18-23-12-10-11-20(4)17-23)26(31)19-30(35(6,33)34)24-15-13-22(8-2)14-16-24/h10-17,21,25H,7-9,18-19H2,1-6H3,(H,28,32)/t21-,25+/m0/s1. The molecule has 35 heavy (non-hydrogen) atoms. The molecule has 0 saturated carbocycles. The summed E-state index contributed by atoms with van der Waals surface area (Å²) in [6.07, 6.45) is 3.09. The van der Waals surface area contributed by atoms with Gasteiger partial charge in [-0.25, -0.2) is 8.42 Å². The number of nitrogens with zero attached hydrogens (tertiary/aromatic N) is 2. The summed E-state index contributed by atoms with van der Waals surface area (Å²) < 4.78 is 26.5. The highest BCUT2D eigenvalue weighted by Crippen LogP contribution is 2.21. The average Bonchev–Trinajstić information content (AvgIpc) is 2.81. The van der Waals surface area contributed by atoms with Crippen LogP contribution in [0.3, 0.4) is 0 Å². The van der Waals surface area contributed by atoms with Crippen LogP contribution in [0.2, 0.25) is 0 Å². The van der Waals surface area contributed by atoms with Crippen LogP contribution >= 0.6 is 0 Å². The molecule has 2 atom stereocenters. The molecular weight excluding hydrogens is 462 g/mol. The number of sulfonamides is 1. The minimum atomic E-state index is -3.74. The number of nitrogens with one attached hydrogen (secondary N) is 1. The van der Waals surface area contributed by atoms with Crippen molar-refractivity contribution in [2.75, 3.05) is 17.1 Å². The zero-order valence-electron chi connectivity index (χ0n) is 21.7. The van der Waals surface area contributed by atoms with Crippen molar-refractivity contribution in [2.24, 2.45) is 0 Å². The molecule has 7 nitrogen and oxygen atoms in total. The van der Waals surface area contributed by atoms with E-state index in [2.05, 4.69) is 5.32 Å². The van der Waals surface area contributed by atoms with Crippen molar-refractivity contribution < 1.29 is 18.0 Å². The number of anilines is 1. The zero-order chi connectivity index (χ0) is 26.2. The van der Waals surface area contributed by atoms with Crippen molar-refractivity contribution >= 4 is 27.5 Å². The Labute approximate surface area is 210 Å². The lowest BCUT2D eigenvalue weighted by molar-refractivity contribution is -0.140. The van der Waals surface area contributed by atoms with Gasteiger partial charge in [-0.1, -0.05) is 62.7 Å². The van der Waals surface area contributed by atoms with E-state index >= 15 is 0 Å². The van der Waals surface area contributed by atoms with Gasteiger partial charge in [0.2, 0.25) is 21.8 Å². The molecule has 2 amide bonds. The highest BCUT2D eigenvalue weighted by atomic mass is 32.2. The second-order valence-electron chi connectivity index (χ2n) is 9.04. The lowest BCUT2D eigenvalue weighted by Gasteiger charge is -2.33. The molecule has 0 bridgehead atoms. The van der Waals surface area contributed by atoms with Gasteiger partial charge in [-0.3, -0.25) is 13.9 Å². The van der Waals surface area contributed by atoms with Crippen molar-refractivity contribution in [2.45, 2.75) is 72.5 Å². The number of aryl methyl sites for hydroxylation is 2. The van der Waals surface area contributed by atoms with Crippen LogP contribution in [0, 0.1) is 6.92 Å². The van der Waals surface area contributed by atoms with Crippen LogP contribution in [-0.4, -0.2) is 50.0 Å². The topological polar surface area (TPSA) is 86.8 Å². The van der Waals surface area contributed by atoms with E-state index in [1.165, 1.54) is 4.90 Å². The van der Waals surface area contributed by atoms with Gasteiger partial charge in [0.15, 0.2) is 0 Å². The van der Waals surface area contributed by atoms with Crippen molar-refractivity contribution in [3.8, 4) is 0 Å². The second-order valence-corrected chi connectivity index (χ2v) is 10.9. The molecule has 0 heterocycles. The van der Waals surface area contributed by atoms with E-state index in [4.69, 9.17) is 0 Å². The summed E-state index contributed by atoms with van der Waals surface area (Å²) in [4.78, 5) is 28.3. The first kappa shape index (κ1) is 28.4. The van der Waals surface area contributed by atoms with Crippen LogP contribution < -0.4 is 9.62 Å². The van der Waals surface area contributed by atoms with Gasteiger partial charge >= 0.3 is 0 Å². The van der Waals surface area contributed by atoms with Gasteiger partial charge in [0.1, 0.15) is 12.6 Å². The zero-order valence-corrected chi connectivity index (χ0v) is 22.6. The number of carbonyl (C=O) groups is 2. The number of amides is 2. The minimum Gasteiger partial charge on any atom is -0.352 e. The maximum absolute atomic E-state index is 13.7. The third kappa shape index (κ3) is 8.09. The highest BCUT2D eigenvalue weighted by molar-refractivity contribution is 7.92. The predicted octanol–water partition coefficient (Wildman–Crippen LogP) is 4.05. The summed E-state index contributed by atoms with van der Waals surface area (Å²) in [6, 6.07) is 14.1. The van der Waals surface area contributed by atoms with Crippen molar-refractivity contribution in [3.05, 3.63) is 65.2 Å². The first-order valence-electron chi connectivity index (χ1n) is 12.2. The van der Waals surface area contributed by atoms with Gasteiger partial charge in [0.25, 0.3) is 0 Å². The van der Waals surface area contributed by atoms with E-state index in [-0.39, 0.29) is 25.0 Å². The van der Waals surface area contributed by atoms with Crippen LogP contribution in [0.25, 0.3) is 0 Å². The molecule has 0 unspecified atom stereocenters. The Balaban J connectivity index is 2.43. The van der Waals surface area contributed by atoms with Crippen LogP contribution in [0.15, 0.2) is 48.5 Å². The van der Waals surface area contributed by atoms with E-state index in [9.17, 15) is 18.0 Å². The Morgan fingerprint density at radius 1 is 0.971 bits per heavy atom. The van der Waals surface area contributed by atoms with Gasteiger partial charge < -0.3 is 10.2 Å². The van der Waals surface area contributed by atoms with Gasteiger partial charge in [0.05, 0.1) is 11.9 Å². The van der Waals surface area contributed by atoms with E-state index in [1.54, 1.807) is 12.1 Å². The van der Waals surface area contributed by atoms with Crippen LogP contribution in [0.5, 0.6) is 0 Å². The second kappa shape index (κ2) is 12.7. The van der Waals surface area contributed by atoms with Crippen LogP contribution in [0.4, 0.5) is 5.69 Å². The summed E-state index contributed by atoms with van der Waals surface area (Å²) in [5.74, 6) is -0.663. The van der Waals surface area contributed by atoms with E-state index < -0.39 is 22.0 Å². The minimum absolute atomic E-state index is 0.0305. The number of carbonyl (C=O) groups excluding carboxylic acids is 2. The number of benzene rings is 2. The third-order valence-corrected chi connectivity index (χ3v) is 7.27. The molecular formula is C27H39N3O4S. The Morgan fingerprint density at radius 2 is 1.63 bits per heavy atom. The maximum atomic E-state index is 13.7. The summed E-state index contributed by atoms with van der Waals surface area (Å²) in [7, 11) is -3.74. The van der Waals surface area contributed by atoms with E-state index in [1.807, 2.05) is 71.0 Å². The molecule has 0 aliphatic carbocycles. The van der Waals surface area contributed by atoms with Gasteiger partial charge in [-0.15, -0.1) is 0 Å². The molecule has 1 N–H and O–H groups in total. The monoisotopic (exact) mass is 501 g/mol. The first-order chi connectivity index (χ1) is 16.5. The fourth-order valence-corrected chi connectivity index (χ4v) is 4.73. The number of rotatable bonds is 12.